The average Bonchev–Trinajstić information content (AvgIpc) is 3.74. The van der Waals surface area contributed by atoms with Crippen LogP contribution in [0.5, 0.6) is 28.9 Å². The molecule has 3 aromatic rings. The predicted molar refractivity (Wildman–Crippen MR) is 158 cm³/mol. The zero-order chi connectivity index (χ0) is 31.3. The Balaban J connectivity index is 1.35. The number of aliphatic carboxylic acids is 1. The average molecular weight is 607 g/mol. The van der Waals surface area contributed by atoms with Crippen molar-refractivity contribution >= 4 is 23.7 Å². The Kier molecular flexibility index (Phi) is 7.58. The highest BCUT2D eigenvalue weighted by Crippen LogP contribution is 2.51. The largest absolute Gasteiger partial charge is 0.504 e. The van der Waals surface area contributed by atoms with Crippen LogP contribution in [0.3, 0.4) is 0 Å². The smallest absolute Gasteiger partial charge is 0.308 e. The molecular formula is C31H32F2N6O5. The highest BCUT2D eigenvalue weighted by Gasteiger charge is 2.52. The lowest BCUT2D eigenvalue weighted by Gasteiger charge is -2.37. The standard InChI is InChI=1S/C31H32F2N6O5/c1-38-10-9-36-29(38)19-13-18(39(2)26-16-4-3-15(11-16)24(26)31(41)42)6-8-22(19)43-27-20(32)14-37-30(25(27)33)44-23-12-17(28(34)35)5-7-21(23)40/h5-9,12-16,24,26,29,40H,3-4,10-11H2,1-2H3,(H3,34,35)(H,41,42). The third-order valence-corrected chi connectivity index (χ3v) is 8.91. The molecule has 2 aliphatic carbocycles. The second kappa shape index (κ2) is 11.4. The number of hydrogen-bond donors (Lipinski definition) is 4. The molecule has 13 heteroatoms. The summed E-state index contributed by atoms with van der Waals surface area (Å²) in [6, 6.07) is 8.82. The summed E-state index contributed by atoms with van der Waals surface area (Å²) >= 11 is 0. The first-order valence-electron chi connectivity index (χ1n) is 14.2. The number of amidine groups is 1. The van der Waals surface area contributed by atoms with Gasteiger partial charge in [-0.15, -0.1) is 0 Å². The van der Waals surface area contributed by atoms with Crippen LogP contribution in [0.15, 0.2) is 47.6 Å². The van der Waals surface area contributed by atoms with Crippen molar-refractivity contribution < 1.29 is 33.3 Å². The van der Waals surface area contributed by atoms with E-state index < -0.39 is 41.3 Å². The molecule has 3 aliphatic rings. The summed E-state index contributed by atoms with van der Waals surface area (Å²) in [6.45, 7) is 0.552. The fourth-order valence-corrected chi connectivity index (χ4v) is 6.77. The molecule has 6 rings (SSSR count). The van der Waals surface area contributed by atoms with Gasteiger partial charge >= 0.3 is 5.97 Å². The van der Waals surface area contributed by atoms with Gasteiger partial charge in [-0.3, -0.25) is 20.1 Å². The topological polar surface area (TPSA) is 158 Å². The van der Waals surface area contributed by atoms with Crippen molar-refractivity contribution in [2.24, 2.45) is 28.5 Å². The number of carbonyl (C=O) groups is 1. The lowest BCUT2D eigenvalue weighted by Crippen LogP contribution is -2.45. The molecule has 2 fully saturated rings. The number of nitrogens with zero attached hydrogens (tertiary/aromatic N) is 4. The molecule has 1 aromatic heterocycles. The van der Waals surface area contributed by atoms with Crippen molar-refractivity contribution in [2.75, 3.05) is 25.5 Å². The van der Waals surface area contributed by atoms with E-state index in [2.05, 4.69) is 9.98 Å². The van der Waals surface area contributed by atoms with Crippen LogP contribution in [0.25, 0.3) is 0 Å². The highest BCUT2D eigenvalue weighted by atomic mass is 19.1. The number of anilines is 1. The van der Waals surface area contributed by atoms with Crippen molar-refractivity contribution in [3.63, 3.8) is 0 Å². The maximum Gasteiger partial charge on any atom is 0.308 e. The van der Waals surface area contributed by atoms with Gasteiger partial charge < -0.3 is 30.3 Å². The highest BCUT2D eigenvalue weighted by molar-refractivity contribution is 5.95. The quantitative estimate of drug-likeness (QED) is 0.197. The second-order valence-corrected chi connectivity index (χ2v) is 11.5. The van der Waals surface area contributed by atoms with E-state index in [-0.39, 0.29) is 46.5 Å². The number of nitrogen functional groups attached to an aromatic ring is 1. The van der Waals surface area contributed by atoms with Gasteiger partial charge in [0.25, 0.3) is 5.88 Å². The summed E-state index contributed by atoms with van der Waals surface area (Å²) in [5.41, 5.74) is 7.00. The molecule has 5 unspecified atom stereocenters. The normalized spacial score (nSPS) is 24.0. The van der Waals surface area contributed by atoms with Gasteiger partial charge in [-0.05, 0) is 74.5 Å². The molecule has 0 spiro atoms. The van der Waals surface area contributed by atoms with Crippen LogP contribution in [0.1, 0.15) is 36.6 Å². The molecule has 230 valence electrons. The van der Waals surface area contributed by atoms with E-state index in [4.69, 9.17) is 20.6 Å². The van der Waals surface area contributed by atoms with Crippen LogP contribution in [0.4, 0.5) is 14.5 Å². The van der Waals surface area contributed by atoms with Crippen molar-refractivity contribution in [2.45, 2.75) is 31.5 Å². The third kappa shape index (κ3) is 5.17. The molecule has 1 aliphatic heterocycles. The molecule has 2 aromatic carbocycles. The van der Waals surface area contributed by atoms with Crippen molar-refractivity contribution in [1.82, 2.24) is 9.88 Å². The number of phenolic OH excluding ortho intramolecular Hbond substituents is 1. The fourth-order valence-electron chi connectivity index (χ4n) is 6.77. The summed E-state index contributed by atoms with van der Waals surface area (Å²) in [4.78, 5) is 24.4. The van der Waals surface area contributed by atoms with Gasteiger partial charge in [0, 0.05) is 42.7 Å². The molecule has 0 amide bonds. The lowest BCUT2D eigenvalue weighted by atomic mass is 9.83. The molecular weight excluding hydrogens is 574 g/mol. The number of ether oxygens (including phenoxy) is 2. The Hall–Kier alpha value is -4.78. The molecule has 11 nitrogen and oxygen atoms in total. The van der Waals surface area contributed by atoms with E-state index in [1.165, 1.54) is 18.2 Å². The van der Waals surface area contributed by atoms with Crippen LogP contribution in [-0.4, -0.2) is 64.8 Å². The van der Waals surface area contributed by atoms with Gasteiger partial charge in [0.1, 0.15) is 17.8 Å². The van der Waals surface area contributed by atoms with Crippen molar-refractivity contribution in [1.29, 1.82) is 5.41 Å². The number of benzene rings is 2. The molecule has 2 saturated carbocycles. The summed E-state index contributed by atoms with van der Waals surface area (Å²) < 4.78 is 42.0. The van der Waals surface area contributed by atoms with Gasteiger partial charge in [0.2, 0.25) is 11.6 Å². The van der Waals surface area contributed by atoms with E-state index in [9.17, 15) is 15.0 Å². The Morgan fingerprint density at radius 3 is 2.61 bits per heavy atom. The zero-order valence-electron chi connectivity index (χ0n) is 24.1. The number of halogens is 2. The van der Waals surface area contributed by atoms with Crippen LogP contribution in [-0.2, 0) is 4.79 Å². The number of fused-ring (bicyclic) bond motifs is 2. The second-order valence-electron chi connectivity index (χ2n) is 11.5. The predicted octanol–water partition coefficient (Wildman–Crippen LogP) is 4.88. The molecule has 44 heavy (non-hydrogen) atoms. The number of rotatable bonds is 9. The SMILES string of the molecule is CN1CC=NC1c1cc(N(C)C2C3CCC(C3)C2C(=O)O)ccc1Oc1c(F)cnc(Oc2cc(C(=N)N)ccc2O)c1F. The minimum absolute atomic E-state index is 0.136. The summed E-state index contributed by atoms with van der Waals surface area (Å²) in [6.07, 6.45) is 4.75. The minimum Gasteiger partial charge on any atom is -0.504 e. The zero-order valence-corrected chi connectivity index (χ0v) is 24.1. The number of carboxylic acids is 1. The van der Waals surface area contributed by atoms with E-state index >= 15 is 8.78 Å². The van der Waals surface area contributed by atoms with Gasteiger partial charge in [-0.25, -0.2) is 9.37 Å². The Bertz CT molecular complexity index is 1670. The third-order valence-electron chi connectivity index (χ3n) is 8.91. The Morgan fingerprint density at radius 2 is 1.91 bits per heavy atom. The van der Waals surface area contributed by atoms with E-state index in [0.29, 0.717) is 12.1 Å². The number of phenols is 1. The van der Waals surface area contributed by atoms with Gasteiger partial charge in [0.05, 0.1) is 12.1 Å². The van der Waals surface area contributed by atoms with Crippen molar-refractivity contribution in [3.05, 3.63) is 65.4 Å². The molecule has 2 heterocycles. The Morgan fingerprint density at radius 1 is 1.14 bits per heavy atom. The van der Waals surface area contributed by atoms with Gasteiger partial charge in [-0.1, -0.05) is 0 Å². The number of hydrogen-bond acceptors (Lipinski definition) is 9. The maximum absolute atomic E-state index is 15.7. The first-order chi connectivity index (χ1) is 21.0. The number of aromatic nitrogens is 1. The molecule has 5 N–H and O–H groups in total. The number of aromatic hydroxyl groups is 1. The molecule has 2 bridgehead atoms. The summed E-state index contributed by atoms with van der Waals surface area (Å²) in [7, 11) is 3.74. The first-order valence-corrected chi connectivity index (χ1v) is 14.2. The number of aliphatic imine (C=N–C) groups is 1. The number of pyridine rings is 1. The summed E-state index contributed by atoms with van der Waals surface area (Å²) in [5, 5.41) is 27.8. The minimum atomic E-state index is -1.25. The monoisotopic (exact) mass is 606 g/mol. The number of nitrogens with two attached hydrogens (primary N) is 1. The van der Waals surface area contributed by atoms with E-state index in [1.807, 2.05) is 30.0 Å². The Labute approximate surface area is 252 Å². The van der Waals surface area contributed by atoms with Gasteiger partial charge in [0.15, 0.2) is 17.3 Å². The van der Waals surface area contributed by atoms with E-state index in [0.717, 1.165) is 31.1 Å². The van der Waals surface area contributed by atoms with Crippen LogP contribution >= 0.6 is 0 Å². The first kappa shape index (κ1) is 29.3. The van der Waals surface area contributed by atoms with Crippen molar-refractivity contribution in [3.8, 4) is 28.9 Å². The lowest BCUT2D eigenvalue weighted by molar-refractivity contribution is -0.144. The maximum atomic E-state index is 15.7. The van der Waals surface area contributed by atoms with Crippen LogP contribution in [0, 0.1) is 34.8 Å². The van der Waals surface area contributed by atoms with Gasteiger partial charge in [-0.2, -0.15) is 4.39 Å². The molecule has 0 radical (unpaired) electrons. The fraction of sp³-hybridized carbons (Fsp3) is 0.355. The number of nitrogens with one attached hydrogen (secondary N) is 1. The molecule has 5 atom stereocenters. The molecule has 0 saturated heterocycles. The van der Waals surface area contributed by atoms with Crippen LogP contribution in [0.2, 0.25) is 0 Å². The van der Waals surface area contributed by atoms with E-state index in [1.54, 1.807) is 18.3 Å². The number of carboxylic acid groups (broad SMARTS) is 1. The summed E-state index contributed by atoms with van der Waals surface area (Å²) in [5.74, 6) is -5.39. The van der Waals surface area contributed by atoms with Crippen LogP contribution < -0.4 is 20.1 Å².